The summed E-state index contributed by atoms with van der Waals surface area (Å²) in [4.78, 5) is 29.1. The van der Waals surface area contributed by atoms with Crippen molar-refractivity contribution in [2.24, 2.45) is 5.92 Å². The normalized spacial score (nSPS) is 24.2. The highest BCUT2D eigenvalue weighted by Gasteiger charge is 2.33. The molecule has 2 heterocycles. The molecule has 2 aliphatic heterocycles. The SMILES string of the molecule is O=C(NC1=CCC(O)C=C1)C1CCN(CC(=O)N2CCC(c3cccc(C(F)(F)F)c3)CC2)C1. The van der Waals surface area contributed by atoms with E-state index in [1.54, 1.807) is 29.2 Å². The average Bonchev–Trinajstić information content (AvgIpc) is 3.29. The van der Waals surface area contributed by atoms with Gasteiger partial charge in [0, 0.05) is 25.3 Å². The first-order valence-electron chi connectivity index (χ1n) is 11.7. The molecule has 9 heteroatoms. The fourth-order valence-corrected chi connectivity index (χ4v) is 4.86. The molecule has 0 radical (unpaired) electrons. The van der Waals surface area contributed by atoms with Gasteiger partial charge < -0.3 is 15.3 Å². The van der Waals surface area contributed by atoms with Gasteiger partial charge in [-0.3, -0.25) is 14.5 Å². The summed E-state index contributed by atoms with van der Waals surface area (Å²) in [6.07, 6.45) is 2.69. The first-order chi connectivity index (χ1) is 16.2. The summed E-state index contributed by atoms with van der Waals surface area (Å²) in [5, 5.41) is 12.4. The number of rotatable bonds is 5. The van der Waals surface area contributed by atoms with E-state index in [1.807, 2.05) is 4.90 Å². The Morgan fingerprint density at radius 1 is 1.12 bits per heavy atom. The lowest BCUT2D eigenvalue weighted by Crippen LogP contribution is -2.43. The Labute approximate surface area is 197 Å². The number of hydrogen-bond acceptors (Lipinski definition) is 4. The van der Waals surface area contributed by atoms with Crippen LogP contribution in [0.1, 0.15) is 42.7 Å². The van der Waals surface area contributed by atoms with E-state index in [-0.39, 0.29) is 30.2 Å². The minimum Gasteiger partial charge on any atom is -0.389 e. The van der Waals surface area contributed by atoms with Gasteiger partial charge >= 0.3 is 6.18 Å². The van der Waals surface area contributed by atoms with E-state index in [2.05, 4.69) is 5.32 Å². The fraction of sp³-hybridized carbons (Fsp3) is 0.520. The summed E-state index contributed by atoms with van der Waals surface area (Å²) in [6, 6.07) is 5.48. The van der Waals surface area contributed by atoms with Gasteiger partial charge in [0.2, 0.25) is 11.8 Å². The van der Waals surface area contributed by atoms with E-state index in [1.165, 1.54) is 12.1 Å². The van der Waals surface area contributed by atoms with Crippen molar-refractivity contribution < 1.29 is 27.9 Å². The monoisotopic (exact) mass is 477 g/mol. The average molecular weight is 478 g/mol. The second kappa shape index (κ2) is 10.3. The van der Waals surface area contributed by atoms with Crippen LogP contribution in [0.15, 0.2) is 48.2 Å². The summed E-state index contributed by atoms with van der Waals surface area (Å²) >= 11 is 0. The number of carbonyl (C=O) groups is 2. The van der Waals surface area contributed by atoms with Gasteiger partial charge in [-0.15, -0.1) is 0 Å². The Morgan fingerprint density at radius 3 is 2.56 bits per heavy atom. The molecule has 6 nitrogen and oxygen atoms in total. The molecule has 2 unspecified atom stereocenters. The maximum absolute atomic E-state index is 13.0. The topological polar surface area (TPSA) is 72.9 Å². The Kier molecular flexibility index (Phi) is 7.42. The molecule has 1 aliphatic carbocycles. The van der Waals surface area contributed by atoms with Gasteiger partial charge in [0.1, 0.15) is 0 Å². The van der Waals surface area contributed by atoms with Crippen LogP contribution in [0, 0.1) is 5.92 Å². The van der Waals surface area contributed by atoms with Crippen LogP contribution >= 0.6 is 0 Å². The number of amides is 2. The van der Waals surface area contributed by atoms with Crippen molar-refractivity contribution in [3.05, 3.63) is 59.3 Å². The summed E-state index contributed by atoms with van der Waals surface area (Å²) < 4.78 is 39.0. The quantitative estimate of drug-likeness (QED) is 0.684. The predicted molar refractivity (Wildman–Crippen MR) is 121 cm³/mol. The first-order valence-corrected chi connectivity index (χ1v) is 11.7. The second-order valence-electron chi connectivity index (χ2n) is 9.31. The molecule has 2 N–H and O–H groups in total. The number of aliphatic hydroxyl groups excluding tert-OH is 1. The number of halogens is 3. The number of carbonyl (C=O) groups excluding carboxylic acids is 2. The molecular weight excluding hydrogens is 447 g/mol. The van der Waals surface area contributed by atoms with E-state index in [4.69, 9.17) is 0 Å². The molecule has 0 saturated carbocycles. The highest BCUT2D eigenvalue weighted by Crippen LogP contribution is 2.34. The summed E-state index contributed by atoms with van der Waals surface area (Å²) in [6.45, 7) is 2.45. The van der Waals surface area contributed by atoms with Gasteiger partial charge in [0.15, 0.2) is 0 Å². The van der Waals surface area contributed by atoms with Crippen molar-refractivity contribution >= 4 is 11.8 Å². The van der Waals surface area contributed by atoms with E-state index >= 15 is 0 Å². The number of piperidine rings is 1. The van der Waals surface area contributed by atoms with Crippen LogP contribution in [-0.2, 0) is 15.8 Å². The molecule has 3 aliphatic rings. The molecule has 184 valence electrons. The highest BCUT2D eigenvalue weighted by atomic mass is 19.4. The molecule has 2 fully saturated rings. The molecular formula is C25H30F3N3O3. The number of nitrogens with zero attached hydrogens (tertiary/aromatic N) is 2. The Balaban J connectivity index is 1.22. The van der Waals surface area contributed by atoms with Gasteiger partial charge in [0.25, 0.3) is 0 Å². The first kappa shape index (κ1) is 24.5. The Morgan fingerprint density at radius 2 is 1.88 bits per heavy atom. The third kappa shape index (κ3) is 6.07. The van der Waals surface area contributed by atoms with Crippen LogP contribution in [0.25, 0.3) is 0 Å². The zero-order chi connectivity index (χ0) is 24.3. The number of alkyl halides is 3. The third-order valence-electron chi connectivity index (χ3n) is 6.88. The lowest BCUT2D eigenvalue weighted by molar-refractivity contribution is -0.137. The second-order valence-corrected chi connectivity index (χ2v) is 9.31. The number of aliphatic hydroxyl groups is 1. The minimum absolute atomic E-state index is 0.00420. The molecule has 0 aromatic heterocycles. The predicted octanol–water partition coefficient (Wildman–Crippen LogP) is 3.05. The number of likely N-dealkylation sites (tertiary alicyclic amines) is 2. The number of allylic oxidation sites excluding steroid dienone is 1. The van der Waals surface area contributed by atoms with Crippen LogP contribution in [0.4, 0.5) is 13.2 Å². The zero-order valence-corrected chi connectivity index (χ0v) is 18.9. The summed E-state index contributed by atoms with van der Waals surface area (Å²) in [7, 11) is 0. The molecule has 0 bridgehead atoms. The van der Waals surface area contributed by atoms with Crippen LogP contribution in [-0.4, -0.2) is 65.5 Å². The number of nitrogens with one attached hydrogen (secondary N) is 1. The number of benzene rings is 1. The van der Waals surface area contributed by atoms with Gasteiger partial charge in [-0.2, -0.15) is 13.2 Å². The van der Waals surface area contributed by atoms with Gasteiger partial charge in [-0.1, -0.05) is 30.4 Å². The molecule has 1 aromatic carbocycles. The van der Waals surface area contributed by atoms with E-state index in [9.17, 15) is 27.9 Å². The van der Waals surface area contributed by atoms with Gasteiger partial charge in [-0.05, 0) is 55.9 Å². The maximum Gasteiger partial charge on any atom is 0.416 e. The van der Waals surface area contributed by atoms with E-state index < -0.39 is 17.8 Å². The fourth-order valence-electron chi connectivity index (χ4n) is 4.86. The molecule has 4 rings (SSSR count). The standard InChI is InChI=1S/C25H30F3N3O3/c26-25(27,28)20-3-1-2-18(14-20)17-9-12-31(13-10-17)23(33)16-30-11-8-19(15-30)24(34)29-21-4-6-22(32)7-5-21/h1-6,14,17,19,22,32H,7-13,15-16H2,(H,29,34). The smallest absolute Gasteiger partial charge is 0.389 e. The van der Waals surface area contributed by atoms with Crippen molar-refractivity contribution in [3.8, 4) is 0 Å². The van der Waals surface area contributed by atoms with Crippen molar-refractivity contribution in [3.63, 3.8) is 0 Å². The molecule has 2 saturated heterocycles. The van der Waals surface area contributed by atoms with Crippen LogP contribution in [0.2, 0.25) is 0 Å². The molecule has 34 heavy (non-hydrogen) atoms. The third-order valence-corrected chi connectivity index (χ3v) is 6.88. The zero-order valence-electron chi connectivity index (χ0n) is 18.9. The molecule has 0 spiro atoms. The minimum atomic E-state index is -4.36. The number of hydrogen-bond donors (Lipinski definition) is 2. The van der Waals surface area contributed by atoms with Crippen LogP contribution in [0.5, 0.6) is 0 Å². The molecule has 2 amide bonds. The van der Waals surface area contributed by atoms with Crippen molar-refractivity contribution in [2.45, 2.75) is 43.9 Å². The highest BCUT2D eigenvalue weighted by molar-refractivity contribution is 5.82. The van der Waals surface area contributed by atoms with Crippen molar-refractivity contribution in [1.82, 2.24) is 15.1 Å². The van der Waals surface area contributed by atoms with Crippen LogP contribution < -0.4 is 5.32 Å². The summed E-state index contributed by atoms with van der Waals surface area (Å²) in [5.41, 5.74) is 0.728. The molecule has 2 atom stereocenters. The van der Waals surface area contributed by atoms with E-state index in [0.717, 1.165) is 6.07 Å². The summed E-state index contributed by atoms with van der Waals surface area (Å²) in [5.74, 6) is -0.268. The van der Waals surface area contributed by atoms with Gasteiger partial charge in [-0.25, -0.2) is 0 Å². The molecule has 1 aromatic rings. The maximum atomic E-state index is 13.0. The van der Waals surface area contributed by atoms with Crippen molar-refractivity contribution in [2.75, 3.05) is 32.7 Å². The lowest BCUT2D eigenvalue weighted by atomic mass is 9.88. The van der Waals surface area contributed by atoms with Crippen molar-refractivity contribution in [1.29, 1.82) is 0 Å². The Hall–Kier alpha value is -2.65. The van der Waals surface area contributed by atoms with Gasteiger partial charge in [0.05, 0.1) is 24.1 Å². The largest absolute Gasteiger partial charge is 0.416 e. The van der Waals surface area contributed by atoms with E-state index in [0.29, 0.717) is 63.1 Å². The van der Waals surface area contributed by atoms with Crippen LogP contribution in [0.3, 0.4) is 0 Å². The Bertz CT molecular complexity index is 968. The lowest BCUT2D eigenvalue weighted by Gasteiger charge is -2.33.